The first-order valence-corrected chi connectivity index (χ1v) is 7.40. The second kappa shape index (κ2) is 5.77. The lowest BCUT2D eigenvalue weighted by Gasteiger charge is -2.17. The van der Waals surface area contributed by atoms with Gasteiger partial charge in [0.05, 0.1) is 5.69 Å². The van der Waals surface area contributed by atoms with Gasteiger partial charge >= 0.3 is 0 Å². The maximum absolute atomic E-state index is 6.05. The van der Waals surface area contributed by atoms with Crippen LogP contribution in [0.15, 0.2) is 45.3 Å². The van der Waals surface area contributed by atoms with Crippen LogP contribution in [0.25, 0.3) is 11.1 Å². The molecular weight excluding hydrogens is 396 g/mol. The summed E-state index contributed by atoms with van der Waals surface area (Å²) in [5.41, 5.74) is 9.55. The molecule has 6 heteroatoms. The molecular formula is C12H10Br2N2S2. The van der Waals surface area contributed by atoms with E-state index < -0.39 is 0 Å². The number of hydrogen-bond donors (Lipinski definition) is 3. The number of hydrogen-bond acceptors (Lipinski definition) is 4. The Morgan fingerprint density at radius 2 is 1.44 bits per heavy atom. The van der Waals surface area contributed by atoms with E-state index in [0.717, 1.165) is 25.8 Å². The standard InChI is InChI=1S/C12H10Br2N2S2/c13-7-1-3-9(11(15)5-7)10-4-2-8(14)6-12(10)16(17)18/h1-6,17-18H,15H2. The second-order valence-electron chi connectivity index (χ2n) is 3.68. The molecule has 2 aromatic carbocycles. The average Bonchev–Trinajstić information content (AvgIpc) is 2.29. The van der Waals surface area contributed by atoms with Gasteiger partial charge in [-0.1, -0.05) is 69.6 Å². The number of rotatable bonds is 2. The van der Waals surface area contributed by atoms with Crippen molar-refractivity contribution in [3.63, 3.8) is 0 Å². The summed E-state index contributed by atoms with van der Waals surface area (Å²) in [4.78, 5) is 0. The van der Waals surface area contributed by atoms with Crippen LogP contribution in [-0.4, -0.2) is 0 Å². The molecule has 0 saturated heterocycles. The van der Waals surface area contributed by atoms with Crippen molar-refractivity contribution in [3.05, 3.63) is 45.3 Å². The molecule has 0 bridgehead atoms. The van der Waals surface area contributed by atoms with Crippen LogP contribution in [0.1, 0.15) is 0 Å². The fourth-order valence-electron chi connectivity index (χ4n) is 1.68. The lowest BCUT2D eigenvalue weighted by atomic mass is 10.0. The van der Waals surface area contributed by atoms with Crippen molar-refractivity contribution in [3.8, 4) is 11.1 Å². The fraction of sp³-hybridized carbons (Fsp3) is 0. The maximum atomic E-state index is 6.05. The molecule has 2 rings (SSSR count). The number of nitrogen functional groups attached to an aromatic ring is 1. The Morgan fingerprint density at radius 3 is 2.00 bits per heavy atom. The maximum Gasteiger partial charge on any atom is 0.0679 e. The molecule has 0 aliphatic heterocycles. The molecule has 0 amide bonds. The Morgan fingerprint density at radius 1 is 0.889 bits per heavy atom. The van der Waals surface area contributed by atoms with Crippen molar-refractivity contribution in [2.24, 2.45) is 0 Å². The zero-order chi connectivity index (χ0) is 13.3. The molecule has 0 aliphatic carbocycles. The van der Waals surface area contributed by atoms with Crippen LogP contribution in [0, 0.1) is 0 Å². The van der Waals surface area contributed by atoms with E-state index in [2.05, 4.69) is 57.5 Å². The predicted octanol–water partition coefficient (Wildman–Crippen LogP) is 4.96. The molecule has 0 saturated carbocycles. The highest BCUT2D eigenvalue weighted by molar-refractivity contribution is 9.10. The van der Waals surface area contributed by atoms with E-state index in [9.17, 15) is 0 Å². The fourth-order valence-corrected chi connectivity index (χ4v) is 2.74. The van der Waals surface area contributed by atoms with Crippen LogP contribution in [0.4, 0.5) is 11.4 Å². The molecule has 0 spiro atoms. The first kappa shape index (κ1) is 14.1. The number of nitrogens with two attached hydrogens (primary N) is 1. The van der Waals surface area contributed by atoms with Gasteiger partial charge in [-0.25, -0.2) is 0 Å². The number of halogens is 2. The molecule has 18 heavy (non-hydrogen) atoms. The van der Waals surface area contributed by atoms with Crippen LogP contribution >= 0.6 is 57.5 Å². The Bertz CT molecular complexity index is 588. The van der Waals surface area contributed by atoms with Crippen molar-refractivity contribution in [1.29, 1.82) is 0 Å². The number of thiol groups is 2. The minimum atomic E-state index is 0.705. The SMILES string of the molecule is Nc1cc(Br)ccc1-c1ccc(Br)cc1N(S)S. The summed E-state index contributed by atoms with van der Waals surface area (Å²) >= 11 is 15.3. The van der Waals surface area contributed by atoms with Crippen LogP contribution in [0.3, 0.4) is 0 Å². The van der Waals surface area contributed by atoms with Gasteiger partial charge in [0, 0.05) is 25.8 Å². The first-order chi connectivity index (χ1) is 8.49. The van der Waals surface area contributed by atoms with Crippen molar-refractivity contribution >= 4 is 68.9 Å². The molecule has 0 radical (unpaired) electrons. The van der Waals surface area contributed by atoms with E-state index in [1.807, 2.05) is 36.4 Å². The Labute approximate surface area is 134 Å². The van der Waals surface area contributed by atoms with Crippen molar-refractivity contribution < 1.29 is 0 Å². The Balaban J connectivity index is 2.63. The van der Waals surface area contributed by atoms with Gasteiger partial charge in [-0.3, -0.25) is 3.71 Å². The molecule has 0 fully saturated rings. The van der Waals surface area contributed by atoms with Gasteiger partial charge in [0.25, 0.3) is 0 Å². The smallest absolute Gasteiger partial charge is 0.0679 e. The molecule has 94 valence electrons. The summed E-state index contributed by atoms with van der Waals surface area (Å²) in [5.74, 6) is 0. The van der Waals surface area contributed by atoms with E-state index in [-0.39, 0.29) is 0 Å². The third kappa shape index (κ3) is 2.99. The molecule has 2 N–H and O–H groups in total. The van der Waals surface area contributed by atoms with Gasteiger partial charge in [0.2, 0.25) is 0 Å². The normalized spacial score (nSPS) is 10.4. The van der Waals surface area contributed by atoms with E-state index in [1.54, 1.807) is 0 Å². The summed E-state index contributed by atoms with van der Waals surface area (Å²) in [6, 6.07) is 11.7. The lowest BCUT2D eigenvalue weighted by Crippen LogP contribution is -1.98. The highest BCUT2D eigenvalue weighted by atomic mass is 79.9. The van der Waals surface area contributed by atoms with Crippen molar-refractivity contribution in [1.82, 2.24) is 0 Å². The first-order valence-electron chi connectivity index (χ1n) is 5.02. The Hall–Kier alpha value is -0.300. The van der Waals surface area contributed by atoms with Crippen LogP contribution in [-0.2, 0) is 0 Å². The van der Waals surface area contributed by atoms with Gasteiger partial charge in [-0.15, -0.1) is 0 Å². The van der Waals surface area contributed by atoms with Gasteiger partial charge in [0.1, 0.15) is 0 Å². The number of benzene rings is 2. The summed E-state index contributed by atoms with van der Waals surface area (Å²) in [7, 11) is 0. The predicted molar refractivity (Wildman–Crippen MR) is 92.1 cm³/mol. The van der Waals surface area contributed by atoms with Crippen LogP contribution in [0.2, 0.25) is 0 Å². The zero-order valence-electron chi connectivity index (χ0n) is 9.14. The molecule has 0 unspecified atom stereocenters. The molecule has 2 aromatic rings. The summed E-state index contributed by atoms with van der Waals surface area (Å²) in [5, 5.41) is 0. The van der Waals surface area contributed by atoms with E-state index in [4.69, 9.17) is 5.73 Å². The highest BCUT2D eigenvalue weighted by Crippen LogP contribution is 2.38. The third-order valence-electron chi connectivity index (χ3n) is 2.48. The molecule has 2 nitrogen and oxygen atoms in total. The van der Waals surface area contributed by atoms with Crippen molar-refractivity contribution in [2.45, 2.75) is 0 Å². The monoisotopic (exact) mass is 404 g/mol. The molecule has 0 atom stereocenters. The van der Waals surface area contributed by atoms with Crippen LogP contribution < -0.4 is 9.44 Å². The van der Waals surface area contributed by atoms with E-state index in [0.29, 0.717) is 5.69 Å². The van der Waals surface area contributed by atoms with Gasteiger partial charge in [-0.2, -0.15) is 0 Å². The van der Waals surface area contributed by atoms with Gasteiger partial charge in [0.15, 0.2) is 0 Å². The lowest BCUT2D eigenvalue weighted by molar-refractivity contribution is 1.54. The largest absolute Gasteiger partial charge is 0.398 e. The van der Waals surface area contributed by atoms with Gasteiger partial charge < -0.3 is 5.73 Å². The zero-order valence-corrected chi connectivity index (χ0v) is 14.1. The minimum Gasteiger partial charge on any atom is -0.398 e. The third-order valence-corrected chi connectivity index (χ3v) is 3.90. The highest BCUT2D eigenvalue weighted by Gasteiger charge is 2.11. The minimum absolute atomic E-state index is 0.705. The second-order valence-corrected chi connectivity index (χ2v) is 6.63. The summed E-state index contributed by atoms with van der Waals surface area (Å²) in [6.07, 6.45) is 0. The van der Waals surface area contributed by atoms with E-state index in [1.165, 1.54) is 3.71 Å². The topological polar surface area (TPSA) is 29.3 Å². The number of anilines is 2. The van der Waals surface area contributed by atoms with E-state index >= 15 is 0 Å². The van der Waals surface area contributed by atoms with Crippen molar-refractivity contribution in [2.75, 3.05) is 9.44 Å². The van der Waals surface area contributed by atoms with Crippen LogP contribution in [0.5, 0.6) is 0 Å². The average molecular weight is 406 g/mol. The van der Waals surface area contributed by atoms with Gasteiger partial charge in [-0.05, 0) is 24.3 Å². The molecule has 0 aliphatic rings. The quantitative estimate of drug-likeness (QED) is 0.487. The number of nitrogens with zero attached hydrogens (tertiary/aromatic N) is 1. The Kier molecular flexibility index (Phi) is 4.53. The molecule has 0 heterocycles. The molecule has 0 aromatic heterocycles. The summed E-state index contributed by atoms with van der Waals surface area (Å²) in [6.45, 7) is 0. The summed E-state index contributed by atoms with van der Waals surface area (Å²) < 4.78 is 3.39.